The fourth-order valence-electron chi connectivity index (χ4n) is 2.99. The summed E-state index contributed by atoms with van der Waals surface area (Å²) in [7, 11) is 1.66. The largest absolute Gasteiger partial charge is 0.497 e. The van der Waals surface area contributed by atoms with Crippen molar-refractivity contribution in [3.63, 3.8) is 0 Å². The average Bonchev–Trinajstić information content (AvgIpc) is 2.55. The van der Waals surface area contributed by atoms with E-state index >= 15 is 0 Å². The fraction of sp³-hybridized carbons (Fsp3) is 0.588. The Morgan fingerprint density at radius 3 is 2.76 bits per heavy atom. The van der Waals surface area contributed by atoms with Gasteiger partial charge in [-0.05, 0) is 57.0 Å². The number of methoxy groups -OCH3 is 1. The first-order valence-electron chi connectivity index (χ1n) is 7.77. The summed E-state index contributed by atoms with van der Waals surface area (Å²) in [6.45, 7) is 5.99. The predicted molar refractivity (Wildman–Crippen MR) is 84.4 cm³/mol. The number of carbonyl (C=O) groups is 1. The third kappa shape index (κ3) is 3.56. The monoisotopic (exact) mass is 290 g/mol. The lowest BCUT2D eigenvalue weighted by Gasteiger charge is -2.36. The van der Waals surface area contributed by atoms with Gasteiger partial charge < -0.3 is 15.4 Å². The molecule has 4 heteroatoms. The van der Waals surface area contributed by atoms with Crippen molar-refractivity contribution < 1.29 is 9.53 Å². The maximum atomic E-state index is 12.7. The van der Waals surface area contributed by atoms with Gasteiger partial charge in [0, 0.05) is 0 Å². The van der Waals surface area contributed by atoms with Crippen LogP contribution in [0.15, 0.2) is 24.3 Å². The molecule has 0 radical (unpaired) electrons. The molecule has 21 heavy (non-hydrogen) atoms. The van der Waals surface area contributed by atoms with Crippen LogP contribution in [0.4, 0.5) is 0 Å². The highest BCUT2D eigenvalue weighted by Crippen LogP contribution is 2.33. The van der Waals surface area contributed by atoms with Crippen molar-refractivity contribution in [2.45, 2.75) is 39.2 Å². The third-order valence-corrected chi connectivity index (χ3v) is 4.66. The molecule has 1 saturated heterocycles. The van der Waals surface area contributed by atoms with E-state index in [9.17, 15) is 4.79 Å². The quantitative estimate of drug-likeness (QED) is 0.876. The summed E-state index contributed by atoms with van der Waals surface area (Å²) in [5.74, 6) is 1.00. The number of piperidine rings is 1. The summed E-state index contributed by atoms with van der Waals surface area (Å²) in [6, 6.07) is 7.86. The molecule has 0 unspecified atom stereocenters. The molecule has 2 N–H and O–H groups in total. The van der Waals surface area contributed by atoms with Gasteiger partial charge in [-0.15, -0.1) is 0 Å². The molecule has 1 aliphatic heterocycles. The minimum absolute atomic E-state index is 0.00842. The van der Waals surface area contributed by atoms with E-state index in [1.807, 2.05) is 31.2 Å². The van der Waals surface area contributed by atoms with Crippen molar-refractivity contribution in [1.82, 2.24) is 10.6 Å². The molecule has 0 aromatic heterocycles. The molecule has 1 atom stereocenters. The summed E-state index contributed by atoms with van der Waals surface area (Å²) in [5, 5.41) is 6.52. The Hall–Kier alpha value is -1.55. The Kier molecular flexibility index (Phi) is 5.23. The molecule has 1 heterocycles. The van der Waals surface area contributed by atoms with E-state index in [4.69, 9.17) is 4.74 Å². The van der Waals surface area contributed by atoms with Crippen molar-refractivity contribution in [3.05, 3.63) is 29.8 Å². The molecule has 2 rings (SSSR count). The van der Waals surface area contributed by atoms with E-state index in [-0.39, 0.29) is 17.4 Å². The van der Waals surface area contributed by atoms with Gasteiger partial charge in [0.1, 0.15) is 5.75 Å². The molecule has 0 spiro atoms. The smallest absolute Gasteiger partial charge is 0.226 e. The second kappa shape index (κ2) is 6.94. The highest BCUT2D eigenvalue weighted by atomic mass is 16.5. The van der Waals surface area contributed by atoms with Crippen LogP contribution in [0.25, 0.3) is 0 Å². The first kappa shape index (κ1) is 15.8. The number of carbonyl (C=O) groups excluding carboxylic acids is 1. The predicted octanol–water partition coefficient (Wildman–Crippen LogP) is 2.65. The first-order chi connectivity index (χ1) is 10.1. The number of amides is 1. The molecular weight excluding hydrogens is 264 g/mol. The Balaban J connectivity index is 2.06. The minimum Gasteiger partial charge on any atom is -0.497 e. The molecule has 1 aliphatic rings. The topological polar surface area (TPSA) is 50.4 Å². The van der Waals surface area contributed by atoms with Crippen molar-refractivity contribution in [1.29, 1.82) is 0 Å². The van der Waals surface area contributed by atoms with Gasteiger partial charge >= 0.3 is 0 Å². The highest BCUT2D eigenvalue weighted by Gasteiger charge is 2.38. The molecule has 1 fully saturated rings. The highest BCUT2D eigenvalue weighted by molar-refractivity contribution is 5.83. The van der Waals surface area contributed by atoms with Gasteiger partial charge in [0.15, 0.2) is 0 Å². The summed E-state index contributed by atoms with van der Waals surface area (Å²) >= 11 is 0. The van der Waals surface area contributed by atoms with Crippen LogP contribution in [-0.2, 0) is 4.79 Å². The Morgan fingerprint density at radius 1 is 1.43 bits per heavy atom. The van der Waals surface area contributed by atoms with Crippen LogP contribution in [-0.4, -0.2) is 26.1 Å². The van der Waals surface area contributed by atoms with Crippen LogP contribution >= 0.6 is 0 Å². The van der Waals surface area contributed by atoms with Gasteiger partial charge in [-0.3, -0.25) is 4.79 Å². The molecule has 0 bridgehead atoms. The van der Waals surface area contributed by atoms with Crippen molar-refractivity contribution in [2.75, 3.05) is 20.2 Å². The lowest BCUT2D eigenvalue weighted by Crippen LogP contribution is -2.47. The van der Waals surface area contributed by atoms with E-state index in [0.717, 1.165) is 43.7 Å². The van der Waals surface area contributed by atoms with Gasteiger partial charge in [0.25, 0.3) is 0 Å². The maximum Gasteiger partial charge on any atom is 0.226 e. The van der Waals surface area contributed by atoms with E-state index in [1.54, 1.807) is 7.11 Å². The lowest BCUT2D eigenvalue weighted by atomic mass is 9.75. The van der Waals surface area contributed by atoms with Gasteiger partial charge in [-0.1, -0.05) is 19.1 Å². The second-order valence-electron chi connectivity index (χ2n) is 5.86. The number of rotatable bonds is 5. The van der Waals surface area contributed by atoms with Gasteiger partial charge in [0.2, 0.25) is 5.91 Å². The van der Waals surface area contributed by atoms with Gasteiger partial charge in [0.05, 0.1) is 18.6 Å². The van der Waals surface area contributed by atoms with Crippen LogP contribution in [0.1, 0.15) is 44.7 Å². The SMILES string of the molecule is CCC1(C(=O)N[C@@H](C)c2cccc(OC)c2)CCNCC1. The maximum absolute atomic E-state index is 12.7. The molecule has 4 nitrogen and oxygen atoms in total. The normalized spacial score (nSPS) is 18.8. The first-order valence-corrected chi connectivity index (χ1v) is 7.77. The third-order valence-electron chi connectivity index (χ3n) is 4.66. The number of nitrogens with one attached hydrogen (secondary N) is 2. The molecule has 1 aromatic carbocycles. The molecule has 1 aromatic rings. The lowest BCUT2D eigenvalue weighted by molar-refractivity contribution is -0.133. The van der Waals surface area contributed by atoms with Crippen LogP contribution in [0.2, 0.25) is 0 Å². The van der Waals surface area contributed by atoms with E-state index in [0.29, 0.717) is 0 Å². The van der Waals surface area contributed by atoms with Crippen molar-refractivity contribution in [2.24, 2.45) is 5.41 Å². The Morgan fingerprint density at radius 2 is 2.14 bits per heavy atom. The average molecular weight is 290 g/mol. The zero-order valence-corrected chi connectivity index (χ0v) is 13.2. The summed E-state index contributed by atoms with van der Waals surface area (Å²) < 4.78 is 5.25. The molecule has 1 amide bonds. The number of ether oxygens (including phenoxy) is 1. The molecule has 0 aliphatic carbocycles. The zero-order valence-electron chi connectivity index (χ0n) is 13.2. The van der Waals surface area contributed by atoms with Gasteiger partial charge in [-0.2, -0.15) is 0 Å². The fourth-order valence-corrected chi connectivity index (χ4v) is 2.99. The second-order valence-corrected chi connectivity index (χ2v) is 5.86. The van der Waals surface area contributed by atoms with Crippen LogP contribution < -0.4 is 15.4 Å². The van der Waals surface area contributed by atoms with Crippen LogP contribution in [0.5, 0.6) is 5.75 Å². The van der Waals surface area contributed by atoms with Crippen molar-refractivity contribution in [3.8, 4) is 5.75 Å². The summed E-state index contributed by atoms with van der Waals surface area (Å²) in [5.41, 5.74) is 0.862. The summed E-state index contributed by atoms with van der Waals surface area (Å²) in [6.07, 6.45) is 2.73. The van der Waals surface area contributed by atoms with Crippen molar-refractivity contribution >= 4 is 5.91 Å². The molecule has 0 saturated carbocycles. The number of benzene rings is 1. The minimum atomic E-state index is -0.210. The number of hydrogen-bond acceptors (Lipinski definition) is 3. The summed E-state index contributed by atoms with van der Waals surface area (Å²) in [4.78, 5) is 12.7. The Bertz CT molecular complexity index is 481. The number of hydrogen-bond donors (Lipinski definition) is 2. The van der Waals surface area contributed by atoms with E-state index in [2.05, 4.69) is 17.6 Å². The van der Waals surface area contributed by atoms with Crippen LogP contribution in [0.3, 0.4) is 0 Å². The standard InChI is InChI=1S/C17H26N2O2/c1-4-17(8-10-18-11-9-17)16(20)19-13(2)14-6-5-7-15(12-14)21-3/h5-7,12-13,18H,4,8-11H2,1-3H3,(H,19,20)/t13-/m0/s1. The van der Waals surface area contributed by atoms with E-state index in [1.165, 1.54) is 0 Å². The van der Waals surface area contributed by atoms with E-state index < -0.39 is 0 Å². The molecule has 116 valence electrons. The zero-order chi connectivity index (χ0) is 15.3. The Labute approximate surface area is 127 Å². The molecular formula is C17H26N2O2. The van der Waals surface area contributed by atoms with Crippen LogP contribution in [0, 0.1) is 5.41 Å². The van der Waals surface area contributed by atoms with Gasteiger partial charge in [-0.25, -0.2) is 0 Å².